The zero-order chi connectivity index (χ0) is 10.7. The van der Waals surface area contributed by atoms with Gasteiger partial charge in [0.1, 0.15) is 10.4 Å². The molecule has 0 aliphatic carbocycles. The summed E-state index contributed by atoms with van der Waals surface area (Å²) < 4.78 is 0.890. The maximum atomic E-state index is 5.79. The third-order valence-corrected chi connectivity index (χ3v) is 3.34. The lowest BCUT2D eigenvalue weighted by Crippen LogP contribution is -2.44. The molecule has 0 bridgehead atoms. The summed E-state index contributed by atoms with van der Waals surface area (Å²) in [6.07, 6.45) is 3.71. The van der Waals surface area contributed by atoms with Gasteiger partial charge in [0.15, 0.2) is 0 Å². The molecule has 0 saturated carbocycles. The van der Waals surface area contributed by atoms with Gasteiger partial charge < -0.3 is 10.6 Å². The van der Waals surface area contributed by atoms with E-state index in [0.717, 1.165) is 17.0 Å². The van der Waals surface area contributed by atoms with Crippen LogP contribution < -0.4 is 10.6 Å². The first kappa shape index (κ1) is 10.9. The summed E-state index contributed by atoms with van der Waals surface area (Å²) in [5.41, 5.74) is 5.79. The van der Waals surface area contributed by atoms with Crippen molar-refractivity contribution in [2.24, 2.45) is 5.73 Å². The average molecular weight is 270 g/mol. The number of nitrogens with two attached hydrogens (primary N) is 1. The van der Waals surface area contributed by atoms with E-state index < -0.39 is 0 Å². The van der Waals surface area contributed by atoms with Gasteiger partial charge >= 0.3 is 0 Å². The summed E-state index contributed by atoms with van der Waals surface area (Å²) in [5.74, 6) is 1.04. The Hall–Kier alpha value is -0.610. The van der Waals surface area contributed by atoms with Crippen LogP contribution in [0.4, 0.5) is 5.82 Å². The summed E-state index contributed by atoms with van der Waals surface area (Å²) in [6, 6.07) is 6.48. The molecule has 1 saturated heterocycles. The predicted molar refractivity (Wildman–Crippen MR) is 66.0 cm³/mol. The van der Waals surface area contributed by atoms with Crippen molar-refractivity contribution < 1.29 is 0 Å². The molecule has 3 nitrogen and oxygen atoms in total. The quantitative estimate of drug-likeness (QED) is 0.837. The van der Waals surface area contributed by atoms with Crippen LogP contribution >= 0.6 is 15.9 Å². The minimum Gasteiger partial charge on any atom is -0.352 e. The van der Waals surface area contributed by atoms with Crippen LogP contribution in [-0.4, -0.2) is 24.1 Å². The first-order chi connectivity index (χ1) is 7.31. The summed E-state index contributed by atoms with van der Waals surface area (Å²) in [5, 5.41) is 0. The Kier molecular flexibility index (Phi) is 3.59. The standard InChI is InChI=1S/C11H16BrN3/c12-10-5-3-6-11(14-10)15-7-2-1-4-9(15)8-13/h3,5-6,9H,1-2,4,7-8,13H2/t9-/m1/s1. The highest BCUT2D eigenvalue weighted by Gasteiger charge is 2.21. The number of halogens is 1. The molecular formula is C11H16BrN3. The van der Waals surface area contributed by atoms with Crippen LogP contribution in [0.2, 0.25) is 0 Å². The molecule has 2 N–H and O–H groups in total. The zero-order valence-corrected chi connectivity index (χ0v) is 10.3. The maximum Gasteiger partial charge on any atom is 0.130 e. The largest absolute Gasteiger partial charge is 0.352 e. The van der Waals surface area contributed by atoms with Crippen LogP contribution in [-0.2, 0) is 0 Å². The molecule has 0 aromatic carbocycles. The van der Waals surface area contributed by atoms with Crippen molar-refractivity contribution in [3.8, 4) is 0 Å². The van der Waals surface area contributed by atoms with Gasteiger partial charge in [-0.25, -0.2) is 4.98 Å². The molecule has 1 aliphatic rings. The Morgan fingerprint density at radius 2 is 2.33 bits per heavy atom. The molecule has 15 heavy (non-hydrogen) atoms. The Morgan fingerprint density at radius 3 is 3.07 bits per heavy atom. The number of anilines is 1. The molecule has 0 amide bonds. The van der Waals surface area contributed by atoms with Gasteiger partial charge in [0.2, 0.25) is 0 Å². The number of pyridine rings is 1. The van der Waals surface area contributed by atoms with Gasteiger partial charge in [-0.1, -0.05) is 6.07 Å². The number of piperidine rings is 1. The smallest absolute Gasteiger partial charge is 0.130 e. The highest BCUT2D eigenvalue weighted by atomic mass is 79.9. The minimum atomic E-state index is 0.459. The number of hydrogen-bond acceptors (Lipinski definition) is 3. The summed E-state index contributed by atoms with van der Waals surface area (Å²) in [6.45, 7) is 1.79. The molecule has 1 fully saturated rings. The highest BCUT2D eigenvalue weighted by molar-refractivity contribution is 9.10. The van der Waals surface area contributed by atoms with Crippen molar-refractivity contribution >= 4 is 21.7 Å². The van der Waals surface area contributed by atoms with Crippen molar-refractivity contribution in [1.29, 1.82) is 0 Å². The Morgan fingerprint density at radius 1 is 1.47 bits per heavy atom. The van der Waals surface area contributed by atoms with Crippen molar-refractivity contribution in [3.63, 3.8) is 0 Å². The van der Waals surface area contributed by atoms with Crippen LogP contribution in [0, 0.1) is 0 Å². The first-order valence-electron chi connectivity index (χ1n) is 5.40. The molecule has 0 radical (unpaired) electrons. The van der Waals surface area contributed by atoms with Gasteiger partial charge in [-0.2, -0.15) is 0 Å². The summed E-state index contributed by atoms with van der Waals surface area (Å²) >= 11 is 3.40. The fraction of sp³-hybridized carbons (Fsp3) is 0.545. The SMILES string of the molecule is NC[C@H]1CCCCN1c1cccc(Br)n1. The van der Waals surface area contributed by atoms with Gasteiger partial charge in [0.25, 0.3) is 0 Å². The predicted octanol–water partition coefficient (Wildman–Crippen LogP) is 2.16. The summed E-state index contributed by atoms with van der Waals surface area (Å²) in [4.78, 5) is 6.81. The third-order valence-electron chi connectivity index (χ3n) is 2.89. The Bertz CT molecular complexity index is 329. The summed E-state index contributed by atoms with van der Waals surface area (Å²) in [7, 11) is 0. The average Bonchev–Trinajstić information content (AvgIpc) is 2.29. The molecule has 0 spiro atoms. The normalized spacial score (nSPS) is 21.7. The maximum absolute atomic E-state index is 5.79. The minimum absolute atomic E-state index is 0.459. The lowest BCUT2D eigenvalue weighted by atomic mass is 10.0. The van der Waals surface area contributed by atoms with E-state index in [4.69, 9.17) is 5.73 Å². The van der Waals surface area contributed by atoms with Gasteiger partial charge in [-0.15, -0.1) is 0 Å². The fourth-order valence-electron chi connectivity index (χ4n) is 2.10. The monoisotopic (exact) mass is 269 g/mol. The highest BCUT2D eigenvalue weighted by Crippen LogP contribution is 2.23. The van der Waals surface area contributed by atoms with E-state index in [-0.39, 0.29) is 0 Å². The Balaban J connectivity index is 2.20. The van der Waals surface area contributed by atoms with E-state index in [0.29, 0.717) is 12.6 Å². The van der Waals surface area contributed by atoms with Gasteiger partial charge in [-0.05, 0) is 47.3 Å². The number of rotatable bonds is 2. The van der Waals surface area contributed by atoms with Crippen LogP contribution in [0.15, 0.2) is 22.8 Å². The number of aromatic nitrogens is 1. The number of hydrogen-bond donors (Lipinski definition) is 1. The molecule has 1 atom stereocenters. The molecule has 2 rings (SSSR count). The van der Waals surface area contributed by atoms with E-state index in [9.17, 15) is 0 Å². The first-order valence-corrected chi connectivity index (χ1v) is 6.20. The van der Waals surface area contributed by atoms with Crippen molar-refractivity contribution in [2.45, 2.75) is 25.3 Å². The molecule has 1 aromatic rings. The third kappa shape index (κ3) is 2.49. The Labute approximate surface area is 98.8 Å². The van der Waals surface area contributed by atoms with Crippen LogP contribution in [0.25, 0.3) is 0 Å². The lowest BCUT2D eigenvalue weighted by molar-refractivity contribution is 0.462. The molecule has 4 heteroatoms. The van der Waals surface area contributed by atoms with Gasteiger partial charge in [0.05, 0.1) is 0 Å². The zero-order valence-electron chi connectivity index (χ0n) is 8.69. The molecule has 1 aromatic heterocycles. The molecule has 2 heterocycles. The second kappa shape index (κ2) is 4.94. The van der Waals surface area contributed by atoms with Crippen molar-refractivity contribution in [3.05, 3.63) is 22.8 Å². The topological polar surface area (TPSA) is 42.1 Å². The van der Waals surface area contributed by atoms with Crippen molar-refractivity contribution in [1.82, 2.24) is 4.98 Å². The fourth-order valence-corrected chi connectivity index (χ4v) is 2.44. The van der Waals surface area contributed by atoms with E-state index in [1.165, 1.54) is 19.3 Å². The molecule has 1 aliphatic heterocycles. The van der Waals surface area contributed by atoms with Crippen LogP contribution in [0.5, 0.6) is 0 Å². The molecule has 82 valence electrons. The molecule has 0 unspecified atom stereocenters. The molecular weight excluding hydrogens is 254 g/mol. The van der Waals surface area contributed by atoms with Gasteiger partial charge in [-0.3, -0.25) is 0 Å². The lowest BCUT2D eigenvalue weighted by Gasteiger charge is -2.36. The van der Waals surface area contributed by atoms with Crippen molar-refractivity contribution in [2.75, 3.05) is 18.0 Å². The van der Waals surface area contributed by atoms with Gasteiger partial charge in [0, 0.05) is 19.1 Å². The van der Waals surface area contributed by atoms with Crippen LogP contribution in [0.1, 0.15) is 19.3 Å². The second-order valence-corrected chi connectivity index (χ2v) is 4.71. The number of nitrogens with zero attached hydrogens (tertiary/aromatic N) is 2. The second-order valence-electron chi connectivity index (χ2n) is 3.90. The van der Waals surface area contributed by atoms with Crippen LogP contribution in [0.3, 0.4) is 0 Å². The van der Waals surface area contributed by atoms with E-state index >= 15 is 0 Å². The van der Waals surface area contributed by atoms with E-state index in [1.807, 2.05) is 12.1 Å². The van der Waals surface area contributed by atoms with E-state index in [1.54, 1.807) is 0 Å². The van der Waals surface area contributed by atoms with E-state index in [2.05, 4.69) is 31.9 Å².